The van der Waals surface area contributed by atoms with Crippen molar-refractivity contribution >= 4 is 28.3 Å². The fourth-order valence-electron chi connectivity index (χ4n) is 3.34. The summed E-state index contributed by atoms with van der Waals surface area (Å²) in [6, 6.07) is 14.2. The summed E-state index contributed by atoms with van der Waals surface area (Å²) in [4.78, 5) is 26.6. The van der Waals surface area contributed by atoms with Gasteiger partial charge in [0.05, 0.1) is 5.00 Å². The Kier molecular flexibility index (Phi) is 6.87. The maximum atomic E-state index is 12.5. The van der Waals surface area contributed by atoms with E-state index >= 15 is 0 Å². The van der Waals surface area contributed by atoms with Crippen LogP contribution < -0.4 is 10.6 Å². The van der Waals surface area contributed by atoms with Gasteiger partial charge in [0.2, 0.25) is 5.91 Å². The summed E-state index contributed by atoms with van der Waals surface area (Å²) in [6.45, 7) is 3.30. The lowest BCUT2D eigenvalue weighted by Crippen LogP contribution is -2.46. The number of aryl methyl sites for hydroxylation is 1. The molecule has 2 aromatic rings. The maximum Gasteiger partial charge on any atom is 0.322 e. The Balaban J connectivity index is 1.38. The van der Waals surface area contributed by atoms with E-state index in [1.807, 2.05) is 35.7 Å². The molecule has 1 aliphatic heterocycles. The summed E-state index contributed by atoms with van der Waals surface area (Å²) in [6.07, 6.45) is 3.33. The van der Waals surface area contributed by atoms with E-state index < -0.39 is 0 Å². The second kappa shape index (κ2) is 9.55. The monoisotopic (exact) mass is 385 g/mol. The third-order valence-electron chi connectivity index (χ3n) is 5.00. The number of amides is 3. The number of hydrogen-bond donors (Lipinski definition) is 2. The fourth-order valence-corrected chi connectivity index (χ4v) is 3.95. The zero-order chi connectivity index (χ0) is 19.1. The highest BCUT2D eigenvalue weighted by Crippen LogP contribution is 2.20. The molecule has 1 atom stereocenters. The summed E-state index contributed by atoms with van der Waals surface area (Å²) in [5.41, 5.74) is 1.30. The Hall–Kier alpha value is -2.34. The van der Waals surface area contributed by atoms with Gasteiger partial charge in [-0.25, -0.2) is 4.79 Å². The average molecular weight is 386 g/mol. The predicted octanol–water partition coefficient (Wildman–Crippen LogP) is 4.13. The Morgan fingerprint density at radius 1 is 1.15 bits per heavy atom. The van der Waals surface area contributed by atoms with E-state index in [1.54, 1.807) is 4.90 Å². The van der Waals surface area contributed by atoms with Gasteiger partial charge in [0.25, 0.3) is 0 Å². The van der Waals surface area contributed by atoms with Crippen molar-refractivity contribution in [2.24, 2.45) is 5.92 Å². The van der Waals surface area contributed by atoms with E-state index in [9.17, 15) is 9.59 Å². The van der Waals surface area contributed by atoms with Crippen molar-refractivity contribution in [3.8, 4) is 0 Å². The molecular formula is C21H27N3O2S. The zero-order valence-corrected chi connectivity index (χ0v) is 16.5. The average Bonchev–Trinajstić information content (AvgIpc) is 3.20. The van der Waals surface area contributed by atoms with Crippen LogP contribution in [0.5, 0.6) is 0 Å². The van der Waals surface area contributed by atoms with Crippen LogP contribution in [0.2, 0.25) is 0 Å². The van der Waals surface area contributed by atoms with Crippen LogP contribution in [0.1, 0.15) is 31.7 Å². The van der Waals surface area contributed by atoms with Gasteiger partial charge in [0, 0.05) is 25.0 Å². The van der Waals surface area contributed by atoms with Gasteiger partial charge < -0.3 is 10.2 Å². The first kappa shape index (κ1) is 19.4. The number of nitrogens with one attached hydrogen (secondary N) is 2. The molecular weight excluding hydrogens is 358 g/mol. The number of carbonyl (C=O) groups is 2. The summed E-state index contributed by atoms with van der Waals surface area (Å²) >= 11 is 1.51. The molecule has 6 heteroatoms. The van der Waals surface area contributed by atoms with Crippen LogP contribution in [0.4, 0.5) is 9.80 Å². The second-order valence-electron chi connectivity index (χ2n) is 7.10. The van der Waals surface area contributed by atoms with Crippen molar-refractivity contribution in [3.63, 3.8) is 0 Å². The molecule has 1 unspecified atom stereocenters. The first-order chi connectivity index (χ1) is 13.1. The van der Waals surface area contributed by atoms with Gasteiger partial charge in [0.15, 0.2) is 0 Å². The Labute approximate surface area is 164 Å². The standard InChI is InChI=1S/C21H27N3O2S/c1-16(9-10-17-6-3-2-4-7-17)22-20(25)18-11-13-24(14-12-18)21(26)23-19-8-5-15-27-19/h2-8,15-16,18H,9-14H2,1H3,(H,22,25)(H,23,26). The lowest BCUT2D eigenvalue weighted by molar-refractivity contribution is -0.126. The molecule has 1 fully saturated rings. The first-order valence-corrected chi connectivity index (χ1v) is 10.4. The molecule has 0 aliphatic carbocycles. The van der Waals surface area contributed by atoms with E-state index in [-0.39, 0.29) is 23.9 Å². The van der Waals surface area contributed by atoms with Gasteiger partial charge in [-0.2, -0.15) is 0 Å². The van der Waals surface area contributed by atoms with Gasteiger partial charge in [-0.3, -0.25) is 10.1 Å². The van der Waals surface area contributed by atoms with Crippen molar-refractivity contribution in [1.82, 2.24) is 10.2 Å². The predicted molar refractivity (Wildman–Crippen MR) is 110 cm³/mol. The largest absolute Gasteiger partial charge is 0.353 e. The lowest BCUT2D eigenvalue weighted by Gasteiger charge is -2.31. The van der Waals surface area contributed by atoms with Crippen molar-refractivity contribution < 1.29 is 9.59 Å². The molecule has 27 heavy (non-hydrogen) atoms. The molecule has 1 aromatic carbocycles. The van der Waals surface area contributed by atoms with Crippen LogP contribution in [0.15, 0.2) is 47.8 Å². The number of nitrogens with zero attached hydrogens (tertiary/aromatic N) is 1. The number of likely N-dealkylation sites (tertiary alicyclic amines) is 1. The third kappa shape index (κ3) is 5.82. The molecule has 0 saturated carbocycles. The number of carbonyl (C=O) groups excluding carboxylic acids is 2. The summed E-state index contributed by atoms with van der Waals surface area (Å²) in [5.74, 6) is 0.115. The third-order valence-corrected chi connectivity index (χ3v) is 5.79. The molecule has 3 amide bonds. The topological polar surface area (TPSA) is 61.4 Å². The van der Waals surface area contributed by atoms with Crippen molar-refractivity contribution in [2.45, 2.75) is 38.6 Å². The van der Waals surface area contributed by atoms with Crippen LogP contribution in [-0.4, -0.2) is 36.0 Å². The summed E-state index contributed by atoms with van der Waals surface area (Å²) in [7, 11) is 0. The molecule has 0 radical (unpaired) electrons. The van der Waals surface area contributed by atoms with Crippen LogP contribution in [0, 0.1) is 5.92 Å². The second-order valence-corrected chi connectivity index (χ2v) is 8.05. The van der Waals surface area contributed by atoms with Crippen LogP contribution >= 0.6 is 11.3 Å². The van der Waals surface area contributed by atoms with E-state index in [0.717, 1.165) is 30.7 Å². The van der Waals surface area contributed by atoms with Gasteiger partial charge in [-0.05, 0) is 55.7 Å². The molecule has 2 heterocycles. The van der Waals surface area contributed by atoms with E-state index in [4.69, 9.17) is 0 Å². The molecule has 1 aliphatic rings. The summed E-state index contributed by atoms with van der Waals surface area (Å²) < 4.78 is 0. The van der Waals surface area contributed by atoms with Crippen molar-refractivity contribution in [2.75, 3.05) is 18.4 Å². The number of thiophene rings is 1. The van der Waals surface area contributed by atoms with Gasteiger partial charge in [-0.15, -0.1) is 11.3 Å². The molecule has 0 bridgehead atoms. The van der Waals surface area contributed by atoms with Crippen molar-refractivity contribution in [1.29, 1.82) is 0 Å². The quantitative estimate of drug-likeness (QED) is 0.785. The number of piperidine rings is 1. The van der Waals surface area contributed by atoms with Crippen LogP contribution in [0.3, 0.4) is 0 Å². The number of hydrogen-bond acceptors (Lipinski definition) is 3. The number of urea groups is 1. The molecule has 0 spiro atoms. The van der Waals surface area contributed by atoms with E-state index in [1.165, 1.54) is 16.9 Å². The van der Waals surface area contributed by atoms with Crippen molar-refractivity contribution in [3.05, 3.63) is 53.4 Å². The lowest BCUT2D eigenvalue weighted by atomic mass is 9.95. The molecule has 2 N–H and O–H groups in total. The highest BCUT2D eigenvalue weighted by Gasteiger charge is 2.28. The minimum Gasteiger partial charge on any atom is -0.353 e. The minimum atomic E-state index is -0.0764. The van der Waals surface area contributed by atoms with E-state index in [2.05, 4.69) is 29.7 Å². The highest BCUT2D eigenvalue weighted by atomic mass is 32.1. The zero-order valence-electron chi connectivity index (χ0n) is 15.7. The molecule has 5 nitrogen and oxygen atoms in total. The summed E-state index contributed by atoms with van der Waals surface area (Å²) in [5, 5.41) is 8.84. The SMILES string of the molecule is CC(CCc1ccccc1)NC(=O)C1CCN(C(=O)Nc2cccs2)CC1. The first-order valence-electron chi connectivity index (χ1n) is 9.55. The number of benzene rings is 1. The highest BCUT2D eigenvalue weighted by molar-refractivity contribution is 7.14. The van der Waals surface area contributed by atoms with Gasteiger partial charge in [-0.1, -0.05) is 30.3 Å². The number of anilines is 1. The van der Waals surface area contributed by atoms with Gasteiger partial charge >= 0.3 is 6.03 Å². The van der Waals surface area contributed by atoms with E-state index in [0.29, 0.717) is 13.1 Å². The minimum absolute atomic E-state index is 0.00466. The van der Waals surface area contributed by atoms with Gasteiger partial charge in [0.1, 0.15) is 0 Å². The Bertz CT molecular complexity index is 725. The van der Waals surface area contributed by atoms with Crippen LogP contribution in [0.25, 0.3) is 0 Å². The Morgan fingerprint density at radius 2 is 1.89 bits per heavy atom. The van der Waals surface area contributed by atoms with Crippen LogP contribution in [-0.2, 0) is 11.2 Å². The number of rotatable bonds is 6. The normalized spacial score (nSPS) is 16.0. The molecule has 144 valence electrons. The molecule has 3 rings (SSSR count). The molecule has 1 saturated heterocycles. The smallest absolute Gasteiger partial charge is 0.322 e. The Morgan fingerprint density at radius 3 is 2.56 bits per heavy atom. The molecule has 1 aromatic heterocycles. The fraction of sp³-hybridized carbons (Fsp3) is 0.429. The maximum absolute atomic E-state index is 12.5.